The van der Waals surface area contributed by atoms with E-state index in [4.69, 9.17) is 5.14 Å². The zero-order valence-electron chi connectivity index (χ0n) is 14.6. The summed E-state index contributed by atoms with van der Waals surface area (Å²) in [6, 6.07) is 5.98. The smallest absolute Gasteiger partial charge is 0.251 e. The Labute approximate surface area is 149 Å². The van der Waals surface area contributed by atoms with E-state index in [9.17, 15) is 13.2 Å². The van der Waals surface area contributed by atoms with Crippen molar-refractivity contribution in [3.8, 4) is 0 Å². The van der Waals surface area contributed by atoms with Crippen LogP contribution in [0.25, 0.3) is 0 Å². The quantitative estimate of drug-likeness (QED) is 0.863. The third kappa shape index (κ3) is 3.10. The normalized spacial score (nSPS) is 34.7. The van der Waals surface area contributed by atoms with Crippen molar-refractivity contribution in [1.82, 2.24) is 5.32 Å². The van der Waals surface area contributed by atoms with Crippen LogP contribution >= 0.6 is 0 Å². The lowest BCUT2D eigenvalue weighted by Crippen LogP contribution is -2.55. The van der Waals surface area contributed by atoms with Crippen LogP contribution in [0.2, 0.25) is 0 Å². The lowest BCUT2D eigenvalue weighted by molar-refractivity contribution is -0.0688. The van der Waals surface area contributed by atoms with Gasteiger partial charge in [-0.05, 0) is 92.9 Å². The number of benzene rings is 1. The number of hydrogen-bond acceptors (Lipinski definition) is 3. The van der Waals surface area contributed by atoms with Crippen LogP contribution in [0.1, 0.15) is 55.8 Å². The molecule has 4 saturated carbocycles. The molecule has 136 valence electrons. The summed E-state index contributed by atoms with van der Waals surface area (Å²) in [5.41, 5.74) is 0.731. The molecule has 6 heteroatoms. The maximum absolute atomic E-state index is 12.6. The summed E-state index contributed by atoms with van der Waals surface area (Å²) in [4.78, 5) is 12.6. The molecule has 1 amide bonds. The molecule has 4 bridgehead atoms. The highest BCUT2D eigenvalue weighted by Gasteiger charge is 2.53. The number of hydrogen-bond donors (Lipinski definition) is 2. The van der Waals surface area contributed by atoms with E-state index in [1.807, 2.05) is 0 Å². The van der Waals surface area contributed by atoms with Crippen molar-refractivity contribution >= 4 is 15.9 Å². The Morgan fingerprint density at radius 1 is 1.08 bits per heavy atom. The molecule has 3 N–H and O–H groups in total. The van der Waals surface area contributed by atoms with Crippen molar-refractivity contribution in [1.29, 1.82) is 0 Å². The van der Waals surface area contributed by atoms with Crippen LogP contribution in [0.4, 0.5) is 0 Å². The average molecular weight is 362 g/mol. The van der Waals surface area contributed by atoms with Gasteiger partial charge in [-0.1, -0.05) is 0 Å². The number of nitrogens with one attached hydrogen (secondary N) is 1. The number of amides is 1. The van der Waals surface area contributed by atoms with Crippen LogP contribution in [0.15, 0.2) is 29.2 Å². The van der Waals surface area contributed by atoms with E-state index in [1.165, 1.54) is 62.8 Å². The third-order valence-electron chi connectivity index (χ3n) is 6.80. The van der Waals surface area contributed by atoms with Crippen molar-refractivity contribution in [2.45, 2.75) is 56.4 Å². The minimum absolute atomic E-state index is 0.0261. The Hall–Kier alpha value is -1.40. The first-order chi connectivity index (χ1) is 11.7. The van der Waals surface area contributed by atoms with Gasteiger partial charge in [-0.2, -0.15) is 0 Å². The molecule has 1 atom stereocenters. The van der Waals surface area contributed by atoms with Crippen LogP contribution in [0.3, 0.4) is 0 Å². The molecule has 4 fully saturated rings. The van der Waals surface area contributed by atoms with Gasteiger partial charge in [0.2, 0.25) is 10.0 Å². The fraction of sp³-hybridized carbons (Fsp3) is 0.632. The fourth-order valence-corrected chi connectivity index (χ4v) is 6.45. The molecule has 0 aliphatic heterocycles. The van der Waals surface area contributed by atoms with Gasteiger partial charge >= 0.3 is 0 Å². The number of primary sulfonamides is 1. The first-order valence-corrected chi connectivity index (χ1v) is 10.7. The van der Waals surface area contributed by atoms with Crippen LogP contribution in [0.5, 0.6) is 0 Å². The van der Waals surface area contributed by atoms with Crippen molar-refractivity contribution in [3.63, 3.8) is 0 Å². The van der Waals surface area contributed by atoms with E-state index < -0.39 is 10.0 Å². The molecule has 0 spiro atoms. The predicted octanol–water partition coefficient (Wildman–Crippen LogP) is 2.67. The summed E-state index contributed by atoms with van der Waals surface area (Å²) >= 11 is 0. The van der Waals surface area contributed by atoms with E-state index in [-0.39, 0.29) is 22.3 Å². The Morgan fingerprint density at radius 2 is 1.56 bits per heavy atom. The molecule has 0 aromatic heterocycles. The number of carbonyl (C=O) groups is 1. The van der Waals surface area contributed by atoms with E-state index in [0.717, 1.165) is 17.8 Å². The Bertz CT molecular complexity index is 750. The predicted molar refractivity (Wildman–Crippen MR) is 95.3 cm³/mol. The van der Waals surface area contributed by atoms with E-state index in [2.05, 4.69) is 12.2 Å². The minimum Gasteiger partial charge on any atom is -0.349 e. The second kappa shape index (κ2) is 5.81. The molecule has 1 aromatic rings. The van der Waals surface area contributed by atoms with Gasteiger partial charge in [0, 0.05) is 11.6 Å². The second-order valence-corrected chi connectivity index (χ2v) is 10.1. The highest BCUT2D eigenvalue weighted by molar-refractivity contribution is 7.89. The monoisotopic (exact) mass is 362 g/mol. The van der Waals surface area contributed by atoms with Crippen LogP contribution in [-0.2, 0) is 10.0 Å². The summed E-state index contributed by atoms with van der Waals surface area (Å²) in [7, 11) is -3.73. The lowest BCUT2D eigenvalue weighted by Gasteiger charge is -2.59. The summed E-state index contributed by atoms with van der Waals surface area (Å²) in [5, 5.41) is 8.30. The summed E-state index contributed by atoms with van der Waals surface area (Å²) < 4.78 is 22.7. The number of carbonyl (C=O) groups excluding carboxylic acids is 1. The molecule has 1 unspecified atom stereocenters. The SMILES string of the molecule is CC(NC(=O)c1ccc(S(N)(=O)=O)cc1)C12CC3CC(CC(C3)C1)C2. The lowest BCUT2D eigenvalue weighted by atomic mass is 9.48. The molecule has 5 nitrogen and oxygen atoms in total. The molecule has 0 heterocycles. The van der Waals surface area contributed by atoms with Gasteiger partial charge < -0.3 is 5.32 Å². The molecular weight excluding hydrogens is 336 g/mol. The standard InChI is InChI=1S/C19H26N2O3S/c1-12(19-9-13-6-14(10-19)8-15(7-13)11-19)21-18(22)16-2-4-17(5-3-16)25(20,23)24/h2-5,12-15H,6-11H2,1H3,(H,21,22)(H2,20,23,24). The summed E-state index contributed by atoms with van der Waals surface area (Å²) in [5.74, 6) is 2.41. The highest BCUT2D eigenvalue weighted by atomic mass is 32.2. The molecule has 25 heavy (non-hydrogen) atoms. The third-order valence-corrected chi connectivity index (χ3v) is 7.73. The average Bonchev–Trinajstić information content (AvgIpc) is 2.52. The first-order valence-electron chi connectivity index (χ1n) is 9.19. The van der Waals surface area contributed by atoms with Gasteiger partial charge in [0.25, 0.3) is 5.91 Å². The van der Waals surface area contributed by atoms with E-state index in [1.54, 1.807) is 0 Å². The summed E-state index contributed by atoms with van der Waals surface area (Å²) in [6.45, 7) is 2.14. The Balaban J connectivity index is 1.47. The molecule has 1 aromatic carbocycles. The second-order valence-electron chi connectivity index (χ2n) is 8.54. The van der Waals surface area contributed by atoms with Crippen LogP contribution < -0.4 is 10.5 Å². The van der Waals surface area contributed by atoms with Crippen molar-refractivity contribution in [2.75, 3.05) is 0 Å². The molecular formula is C19H26N2O3S. The fourth-order valence-electron chi connectivity index (χ4n) is 5.94. The zero-order valence-corrected chi connectivity index (χ0v) is 15.4. The Morgan fingerprint density at radius 3 is 2.00 bits per heavy atom. The highest BCUT2D eigenvalue weighted by Crippen LogP contribution is 2.61. The maximum Gasteiger partial charge on any atom is 0.251 e. The van der Waals surface area contributed by atoms with Crippen LogP contribution in [-0.4, -0.2) is 20.4 Å². The topological polar surface area (TPSA) is 89.3 Å². The van der Waals surface area contributed by atoms with Crippen molar-refractivity contribution in [2.24, 2.45) is 28.3 Å². The van der Waals surface area contributed by atoms with E-state index in [0.29, 0.717) is 5.56 Å². The van der Waals surface area contributed by atoms with Crippen molar-refractivity contribution in [3.05, 3.63) is 29.8 Å². The minimum atomic E-state index is -3.73. The molecule has 0 saturated heterocycles. The first kappa shape index (κ1) is 17.0. The van der Waals surface area contributed by atoms with Gasteiger partial charge in [-0.25, -0.2) is 13.6 Å². The molecule has 0 radical (unpaired) electrons. The van der Waals surface area contributed by atoms with Gasteiger partial charge in [-0.3, -0.25) is 4.79 Å². The van der Waals surface area contributed by atoms with Crippen LogP contribution in [0, 0.1) is 23.2 Å². The zero-order chi connectivity index (χ0) is 17.8. The summed E-state index contributed by atoms with van der Waals surface area (Å²) in [6.07, 6.45) is 7.87. The number of sulfonamides is 1. The van der Waals surface area contributed by atoms with Gasteiger partial charge in [0.05, 0.1) is 4.90 Å². The van der Waals surface area contributed by atoms with Gasteiger partial charge in [0.1, 0.15) is 0 Å². The molecule has 4 aliphatic carbocycles. The van der Waals surface area contributed by atoms with Gasteiger partial charge in [0.15, 0.2) is 0 Å². The number of rotatable bonds is 4. The maximum atomic E-state index is 12.6. The largest absolute Gasteiger partial charge is 0.349 e. The van der Waals surface area contributed by atoms with E-state index >= 15 is 0 Å². The Kier molecular flexibility index (Phi) is 3.96. The molecule has 5 rings (SSSR count). The van der Waals surface area contributed by atoms with Gasteiger partial charge in [-0.15, -0.1) is 0 Å². The van der Waals surface area contributed by atoms with Crippen molar-refractivity contribution < 1.29 is 13.2 Å². The molecule has 4 aliphatic rings. The number of nitrogens with two attached hydrogens (primary N) is 1.